The first-order valence-electron chi connectivity index (χ1n) is 4.81. The number of halogens is 2. The second kappa shape index (κ2) is 6.34. The molecule has 0 spiro atoms. The van der Waals surface area contributed by atoms with E-state index in [9.17, 15) is 14.0 Å². The molecule has 92 valence electrons. The highest BCUT2D eigenvalue weighted by atomic mass is 79.9. The van der Waals surface area contributed by atoms with Crippen molar-refractivity contribution >= 4 is 28.2 Å². The third kappa shape index (κ3) is 3.52. The van der Waals surface area contributed by atoms with E-state index in [1.165, 1.54) is 12.1 Å². The van der Waals surface area contributed by atoms with Crippen LogP contribution in [-0.4, -0.2) is 25.5 Å². The summed E-state index contributed by atoms with van der Waals surface area (Å²) in [7, 11) is 0. The maximum absolute atomic E-state index is 13.6. The molecule has 4 nitrogen and oxygen atoms in total. The lowest BCUT2D eigenvalue weighted by molar-refractivity contribution is -0.145. The first-order chi connectivity index (χ1) is 8.10. The molecule has 0 aliphatic carbocycles. The Balaban J connectivity index is 2.85. The summed E-state index contributed by atoms with van der Waals surface area (Å²) in [6.45, 7) is 1.42. The van der Waals surface area contributed by atoms with Crippen molar-refractivity contribution in [1.82, 2.24) is 0 Å². The first-order valence-corrected chi connectivity index (χ1v) is 5.61. The molecule has 0 atom stereocenters. The lowest BCUT2D eigenvalue weighted by Gasteiger charge is -2.09. The van der Waals surface area contributed by atoms with Crippen molar-refractivity contribution in [3.63, 3.8) is 0 Å². The third-order valence-electron chi connectivity index (χ3n) is 1.85. The molecule has 17 heavy (non-hydrogen) atoms. The van der Waals surface area contributed by atoms with Crippen molar-refractivity contribution < 1.29 is 23.5 Å². The van der Waals surface area contributed by atoms with Crippen LogP contribution in [0.4, 0.5) is 4.39 Å². The van der Waals surface area contributed by atoms with E-state index in [-0.39, 0.29) is 22.4 Å². The molecular weight excluding hydrogens is 295 g/mol. The van der Waals surface area contributed by atoms with Crippen LogP contribution in [0.1, 0.15) is 17.3 Å². The highest BCUT2D eigenvalue weighted by molar-refractivity contribution is 9.10. The van der Waals surface area contributed by atoms with Crippen molar-refractivity contribution in [2.75, 3.05) is 13.2 Å². The van der Waals surface area contributed by atoms with Crippen LogP contribution in [0.3, 0.4) is 0 Å². The average molecular weight is 305 g/mol. The van der Waals surface area contributed by atoms with E-state index < -0.39 is 18.4 Å². The Morgan fingerprint density at radius 3 is 2.82 bits per heavy atom. The summed E-state index contributed by atoms with van der Waals surface area (Å²) in [5.74, 6) is -1.61. The van der Waals surface area contributed by atoms with Crippen LogP contribution in [0, 0.1) is 5.82 Å². The summed E-state index contributed by atoms with van der Waals surface area (Å²) in [6.07, 6.45) is 0.454. The summed E-state index contributed by atoms with van der Waals surface area (Å²) in [4.78, 5) is 21.7. The van der Waals surface area contributed by atoms with Crippen LogP contribution in [0.2, 0.25) is 0 Å². The predicted octanol–water partition coefficient (Wildman–Crippen LogP) is 2.34. The van der Waals surface area contributed by atoms with Crippen LogP contribution >= 0.6 is 15.9 Å². The number of benzene rings is 1. The van der Waals surface area contributed by atoms with Gasteiger partial charge in [0.05, 0.1) is 16.6 Å². The van der Waals surface area contributed by atoms with E-state index in [0.29, 0.717) is 6.29 Å². The number of carbonyl (C=O) groups excluding carboxylic acids is 2. The molecule has 0 saturated heterocycles. The van der Waals surface area contributed by atoms with E-state index in [1.807, 2.05) is 0 Å². The molecule has 0 N–H and O–H groups in total. The van der Waals surface area contributed by atoms with Gasteiger partial charge in [0, 0.05) is 0 Å². The molecule has 1 aromatic rings. The minimum atomic E-state index is -0.723. The number of ether oxygens (including phenoxy) is 2. The summed E-state index contributed by atoms with van der Waals surface area (Å²) in [6, 6.07) is 2.77. The maximum Gasteiger partial charge on any atom is 0.344 e. The zero-order valence-corrected chi connectivity index (χ0v) is 10.6. The van der Waals surface area contributed by atoms with Gasteiger partial charge in [-0.2, -0.15) is 0 Å². The fraction of sp³-hybridized carbons (Fsp3) is 0.273. The highest BCUT2D eigenvalue weighted by Crippen LogP contribution is 2.28. The molecule has 0 radical (unpaired) electrons. The van der Waals surface area contributed by atoms with Crippen LogP contribution in [0.25, 0.3) is 0 Å². The standard InChI is InChI=1S/C11H10BrFO4/c1-2-16-9(15)6-17-11-7(5-14)3-4-8(12)10(11)13/h3-5H,2,6H2,1H3. The van der Waals surface area contributed by atoms with Gasteiger partial charge in [0.25, 0.3) is 0 Å². The van der Waals surface area contributed by atoms with Gasteiger partial charge in [-0.3, -0.25) is 4.79 Å². The van der Waals surface area contributed by atoms with Crippen LogP contribution < -0.4 is 4.74 Å². The van der Waals surface area contributed by atoms with Crippen LogP contribution in [-0.2, 0) is 9.53 Å². The second-order valence-electron chi connectivity index (χ2n) is 2.99. The molecule has 1 rings (SSSR count). The summed E-state index contributed by atoms with van der Waals surface area (Å²) in [5, 5.41) is 0. The smallest absolute Gasteiger partial charge is 0.344 e. The molecule has 0 unspecified atom stereocenters. The molecule has 1 aromatic carbocycles. The van der Waals surface area contributed by atoms with Gasteiger partial charge in [0.15, 0.2) is 24.5 Å². The lowest BCUT2D eigenvalue weighted by atomic mass is 10.2. The van der Waals surface area contributed by atoms with Crippen LogP contribution in [0.15, 0.2) is 16.6 Å². The van der Waals surface area contributed by atoms with Gasteiger partial charge in [-0.1, -0.05) is 0 Å². The fourth-order valence-corrected chi connectivity index (χ4v) is 1.43. The monoisotopic (exact) mass is 304 g/mol. The molecule has 0 bridgehead atoms. The molecule has 0 saturated carbocycles. The summed E-state index contributed by atoms with van der Waals surface area (Å²) in [5.41, 5.74) is 0.0370. The number of esters is 1. The van der Waals surface area contributed by atoms with Gasteiger partial charge in [-0.05, 0) is 35.0 Å². The Morgan fingerprint density at radius 2 is 2.24 bits per heavy atom. The largest absolute Gasteiger partial charge is 0.478 e. The topological polar surface area (TPSA) is 52.6 Å². The molecule has 6 heteroatoms. The third-order valence-corrected chi connectivity index (χ3v) is 2.46. The Hall–Kier alpha value is -1.43. The molecule has 0 aromatic heterocycles. The van der Waals surface area contributed by atoms with Gasteiger partial charge < -0.3 is 9.47 Å². The number of hydrogen-bond donors (Lipinski definition) is 0. The SMILES string of the molecule is CCOC(=O)COc1c(C=O)ccc(Br)c1F. The van der Waals surface area contributed by atoms with Crippen molar-refractivity contribution in [3.05, 3.63) is 28.0 Å². The fourth-order valence-electron chi connectivity index (χ4n) is 1.12. The zero-order chi connectivity index (χ0) is 12.8. The Bertz CT molecular complexity index is 434. The Kier molecular flexibility index (Phi) is 5.09. The first kappa shape index (κ1) is 13.6. The van der Waals surface area contributed by atoms with E-state index >= 15 is 0 Å². The van der Waals surface area contributed by atoms with Gasteiger partial charge >= 0.3 is 5.97 Å². The van der Waals surface area contributed by atoms with Crippen LogP contribution in [0.5, 0.6) is 5.75 Å². The van der Waals surface area contributed by atoms with Gasteiger partial charge in [-0.15, -0.1) is 0 Å². The number of aldehydes is 1. The van der Waals surface area contributed by atoms with E-state index in [2.05, 4.69) is 20.7 Å². The average Bonchev–Trinajstić information content (AvgIpc) is 2.31. The van der Waals surface area contributed by atoms with Crippen molar-refractivity contribution in [3.8, 4) is 5.75 Å². The summed E-state index contributed by atoms with van der Waals surface area (Å²) >= 11 is 2.96. The van der Waals surface area contributed by atoms with Gasteiger partial charge in [0.2, 0.25) is 0 Å². The molecule has 0 heterocycles. The molecule has 0 fully saturated rings. The molecule has 0 amide bonds. The Labute approximate surface area is 106 Å². The van der Waals surface area contributed by atoms with Crippen molar-refractivity contribution in [2.45, 2.75) is 6.92 Å². The molecule has 0 aliphatic heterocycles. The second-order valence-corrected chi connectivity index (χ2v) is 3.85. The van der Waals surface area contributed by atoms with Gasteiger partial charge in [0.1, 0.15) is 0 Å². The minimum Gasteiger partial charge on any atom is -0.478 e. The number of rotatable bonds is 5. The molecule has 0 aliphatic rings. The number of carbonyl (C=O) groups is 2. The Morgan fingerprint density at radius 1 is 1.53 bits per heavy atom. The lowest BCUT2D eigenvalue weighted by Crippen LogP contribution is -2.16. The highest BCUT2D eigenvalue weighted by Gasteiger charge is 2.15. The quantitative estimate of drug-likeness (QED) is 0.619. The molecular formula is C11H10BrFO4. The normalized spacial score (nSPS) is 9.82. The van der Waals surface area contributed by atoms with E-state index in [4.69, 9.17) is 4.74 Å². The number of hydrogen-bond acceptors (Lipinski definition) is 4. The maximum atomic E-state index is 13.6. The predicted molar refractivity (Wildman–Crippen MR) is 61.6 cm³/mol. The van der Waals surface area contributed by atoms with Crippen molar-refractivity contribution in [2.24, 2.45) is 0 Å². The van der Waals surface area contributed by atoms with E-state index in [0.717, 1.165) is 0 Å². The minimum absolute atomic E-state index is 0.0370. The summed E-state index contributed by atoms with van der Waals surface area (Å²) < 4.78 is 23.3. The zero-order valence-electron chi connectivity index (χ0n) is 9.04. The van der Waals surface area contributed by atoms with E-state index in [1.54, 1.807) is 6.92 Å². The van der Waals surface area contributed by atoms with Crippen molar-refractivity contribution in [1.29, 1.82) is 0 Å². The van der Waals surface area contributed by atoms with Gasteiger partial charge in [-0.25, -0.2) is 9.18 Å².